The highest BCUT2D eigenvalue weighted by atomic mass is 35.5. The minimum Gasteiger partial charge on any atom is -0.390 e. The SMILES string of the molecule is CCC(CC)C(=O)N(C(=O)[C@@H]1CCCN1)[C@H](Cc1ccc2ccccc2c1)C(=O)NCC(O)CNCC(C)C.Cl. The Labute approximate surface area is 245 Å². The van der Waals surface area contributed by atoms with Crippen LogP contribution in [0.5, 0.6) is 0 Å². The van der Waals surface area contributed by atoms with Crippen LogP contribution >= 0.6 is 12.4 Å². The normalized spacial score (nSPS) is 16.5. The Morgan fingerprint density at radius 3 is 2.35 bits per heavy atom. The molecule has 0 radical (unpaired) electrons. The maximum Gasteiger partial charge on any atom is 0.247 e. The molecule has 8 nitrogen and oxygen atoms in total. The molecule has 0 saturated carbocycles. The fourth-order valence-electron chi connectivity index (χ4n) is 5.15. The highest BCUT2D eigenvalue weighted by Crippen LogP contribution is 2.23. The van der Waals surface area contributed by atoms with Gasteiger partial charge in [0.25, 0.3) is 0 Å². The summed E-state index contributed by atoms with van der Waals surface area (Å²) in [6.45, 7) is 9.87. The molecule has 1 fully saturated rings. The van der Waals surface area contributed by atoms with Gasteiger partial charge in [-0.3, -0.25) is 19.3 Å². The molecule has 0 spiro atoms. The van der Waals surface area contributed by atoms with Crippen molar-refractivity contribution < 1.29 is 19.5 Å². The molecule has 0 bridgehead atoms. The zero-order valence-electron chi connectivity index (χ0n) is 24.3. The summed E-state index contributed by atoms with van der Waals surface area (Å²) in [5, 5.41) is 21.8. The lowest BCUT2D eigenvalue weighted by Gasteiger charge is -2.34. The molecule has 3 amide bonds. The molecule has 9 heteroatoms. The Kier molecular flexibility index (Phi) is 14.0. The first-order valence-corrected chi connectivity index (χ1v) is 14.5. The molecule has 3 rings (SSSR count). The third-order valence-corrected chi connectivity index (χ3v) is 7.47. The van der Waals surface area contributed by atoms with E-state index in [1.54, 1.807) is 0 Å². The van der Waals surface area contributed by atoms with E-state index < -0.39 is 24.1 Å². The second-order valence-corrected chi connectivity index (χ2v) is 11.1. The maximum absolute atomic E-state index is 13.8. The van der Waals surface area contributed by atoms with Gasteiger partial charge in [-0.25, -0.2) is 0 Å². The number of aliphatic hydroxyl groups is 1. The fraction of sp³-hybridized carbons (Fsp3) is 0.581. The van der Waals surface area contributed by atoms with E-state index in [-0.39, 0.29) is 43.1 Å². The number of imide groups is 1. The molecule has 40 heavy (non-hydrogen) atoms. The van der Waals surface area contributed by atoms with Crippen molar-refractivity contribution in [2.45, 2.75) is 78.0 Å². The standard InChI is InChI=1S/C31H46N4O4.ClH/c1-5-23(6-2)30(38)35(31(39)27-12-9-15-33-27)28(29(37)34-20-26(36)19-32-18-21(3)4)17-22-13-14-24-10-7-8-11-25(24)16-22;/h7-8,10-11,13-14,16,21,23,26-28,32-33,36H,5-6,9,12,15,17-20H2,1-4H3,(H,34,37);1H/t26?,27-,28+;/m0./s1. The first-order valence-electron chi connectivity index (χ1n) is 14.5. The Hall–Kier alpha value is -2.52. The average molecular weight is 575 g/mol. The van der Waals surface area contributed by atoms with Crippen LogP contribution in [0.3, 0.4) is 0 Å². The van der Waals surface area contributed by atoms with Gasteiger partial charge in [-0.1, -0.05) is 70.2 Å². The van der Waals surface area contributed by atoms with Crippen LogP contribution in [0.25, 0.3) is 10.8 Å². The van der Waals surface area contributed by atoms with Crippen molar-refractivity contribution in [2.75, 3.05) is 26.2 Å². The van der Waals surface area contributed by atoms with E-state index in [1.807, 2.05) is 56.3 Å². The molecule has 2 aromatic rings. The quantitative estimate of drug-likeness (QED) is 0.275. The summed E-state index contributed by atoms with van der Waals surface area (Å²) in [7, 11) is 0. The molecule has 0 aliphatic carbocycles. The Morgan fingerprint density at radius 1 is 1.02 bits per heavy atom. The largest absolute Gasteiger partial charge is 0.390 e. The second-order valence-electron chi connectivity index (χ2n) is 11.1. The van der Waals surface area contributed by atoms with Crippen molar-refractivity contribution in [1.82, 2.24) is 20.9 Å². The van der Waals surface area contributed by atoms with Crippen LogP contribution in [0.4, 0.5) is 0 Å². The van der Waals surface area contributed by atoms with E-state index in [2.05, 4.69) is 29.8 Å². The molecular formula is C31H47ClN4O4. The molecule has 4 N–H and O–H groups in total. The van der Waals surface area contributed by atoms with Gasteiger partial charge < -0.3 is 21.1 Å². The predicted octanol–water partition coefficient (Wildman–Crippen LogP) is 3.44. The Bertz CT molecular complexity index is 1090. The van der Waals surface area contributed by atoms with Gasteiger partial charge in [-0.15, -0.1) is 12.4 Å². The monoisotopic (exact) mass is 574 g/mol. The molecule has 1 aliphatic heterocycles. The van der Waals surface area contributed by atoms with Crippen LogP contribution < -0.4 is 16.0 Å². The third kappa shape index (κ3) is 9.26. The van der Waals surface area contributed by atoms with Crippen LogP contribution in [-0.4, -0.2) is 72.1 Å². The first kappa shape index (κ1) is 33.7. The fourth-order valence-corrected chi connectivity index (χ4v) is 5.15. The minimum atomic E-state index is -1.02. The third-order valence-electron chi connectivity index (χ3n) is 7.47. The number of carbonyl (C=O) groups is 3. The summed E-state index contributed by atoms with van der Waals surface area (Å²) in [6.07, 6.45) is 2.06. The summed E-state index contributed by atoms with van der Waals surface area (Å²) in [5.41, 5.74) is 0.863. The van der Waals surface area contributed by atoms with Gasteiger partial charge in [0.15, 0.2) is 0 Å². The van der Waals surface area contributed by atoms with Gasteiger partial charge in [-0.05, 0) is 61.0 Å². The summed E-state index contributed by atoms with van der Waals surface area (Å²) in [6, 6.07) is 12.4. The average Bonchev–Trinajstić information content (AvgIpc) is 3.47. The number of amides is 3. The summed E-state index contributed by atoms with van der Waals surface area (Å²) in [4.78, 5) is 42.6. The highest BCUT2D eigenvalue weighted by Gasteiger charge is 2.40. The van der Waals surface area contributed by atoms with Gasteiger partial charge in [-0.2, -0.15) is 0 Å². The molecule has 0 aromatic heterocycles. The number of nitrogens with zero attached hydrogens (tertiary/aromatic N) is 1. The lowest BCUT2D eigenvalue weighted by atomic mass is 9.96. The van der Waals surface area contributed by atoms with Gasteiger partial charge in [0, 0.05) is 25.4 Å². The summed E-state index contributed by atoms with van der Waals surface area (Å²) in [5.74, 6) is -0.994. The van der Waals surface area contributed by atoms with Crippen LogP contribution in [0.15, 0.2) is 42.5 Å². The molecular weight excluding hydrogens is 528 g/mol. The first-order chi connectivity index (χ1) is 18.7. The van der Waals surface area contributed by atoms with Crippen molar-refractivity contribution in [3.63, 3.8) is 0 Å². The van der Waals surface area contributed by atoms with E-state index in [0.29, 0.717) is 38.3 Å². The highest BCUT2D eigenvalue weighted by molar-refractivity contribution is 6.03. The number of rotatable bonds is 14. The Morgan fingerprint density at radius 2 is 1.73 bits per heavy atom. The second kappa shape index (κ2) is 16.7. The number of halogens is 1. The summed E-state index contributed by atoms with van der Waals surface area (Å²) >= 11 is 0. The van der Waals surface area contributed by atoms with Crippen molar-refractivity contribution in [2.24, 2.45) is 11.8 Å². The van der Waals surface area contributed by atoms with E-state index >= 15 is 0 Å². The van der Waals surface area contributed by atoms with Gasteiger partial charge >= 0.3 is 0 Å². The maximum atomic E-state index is 13.8. The van der Waals surface area contributed by atoms with Crippen molar-refractivity contribution in [1.29, 1.82) is 0 Å². The van der Waals surface area contributed by atoms with Gasteiger partial charge in [0.2, 0.25) is 17.7 Å². The molecule has 3 atom stereocenters. The number of benzene rings is 2. The number of aliphatic hydroxyl groups excluding tert-OH is 1. The van der Waals surface area contributed by atoms with Crippen LogP contribution in [0.1, 0.15) is 58.9 Å². The van der Waals surface area contributed by atoms with E-state index in [0.717, 1.165) is 29.3 Å². The molecule has 1 heterocycles. The zero-order valence-corrected chi connectivity index (χ0v) is 25.1. The number of hydrogen-bond donors (Lipinski definition) is 4. The van der Waals surface area contributed by atoms with E-state index in [1.165, 1.54) is 4.90 Å². The number of hydrogen-bond acceptors (Lipinski definition) is 6. The van der Waals surface area contributed by atoms with Crippen molar-refractivity contribution >= 4 is 40.9 Å². The molecule has 222 valence electrons. The van der Waals surface area contributed by atoms with E-state index in [9.17, 15) is 19.5 Å². The zero-order chi connectivity index (χ0) is 28.4. The summed E-state index contributed by atoms with van der Waals surface area (Å²) < 4.78 is 0. The van der Waals surface area contributed by atoms with Crippen LogP contribution in [0, 0.1) is 11.8 Å². The van der Waals surface area contributed by atoms with Crippen molar-refractivity contribution in [3.8, 4) is 0 Å². The van der Waals surface area contributed by atoms with E-state index in [4.69, 9.17) is 0 Å². The number of nitrogens with one attached hydrogen (secondary N) is 3. The smallest absolute Gasteiger partial charge is 0.247 e. The molecule has 1 saturated heterocycles. The van der Waals surface area contributed by atoms with Gasteiger partial charge in [0.1, 0.15) is 6.04 Å². The predicted molar refractivity (Wildman–Crippen MR) is 162 cm³/mol. The lowest BCUT2D eigenvalue weighted by molar-refractivity contribution is -0.155. The number of fused-ring (bicyclic) bond motifs is 1. The minimum absolute atomic E-state index is 0. The van der Waals surface area contributed by atoms with Crippen LogP contribution in [-0.2, 0) is 20.8 Å². The molecule has 1 aliphatic rings. The topological polar surface area (TPSA) is 111 Å². The number of carbonyl (C=O) groups excluding carboxylic acids is 3. The van der Waals surface area contributed by atoms with Crippen molar-refractivity contribution in [3.05, 3.63) is 48.0 Å². The lowest BCUT2D eigenvalue weighted by Crippen LogP contribution is -2.59. The Balaban J connectivity index is 0.00000560. The van der Waals surface area contributed by atoms with Gasteiger partial charge in [0.05, 0.1) is 12.1 Å². The molecule has 2 aromatic carbocycles. The van der Waals surface area contributed by atoms with Crippen LogP contribution in [0.2, 0.25) is 0 Å². The molecule has 1 unspecified atom stereocenters.